The summed E-state index contributed by atoms with van der Waals surface area (Å²) in [7, 11) is 0. The lowest BCUT2D eigenvalue weighted by Crippen LogP contribution is -2.04. The van der Waals surface area contributed by atoms with E-state index in [9.17, 15) is 4.39 Å². The lowest BCUT2D eigenvalue weighted by Gasteiger charge is -2.10. The van der Waals surface area contributed by atoms with E-state index < -0.39 is 0 Å². The number of aromatic nitrogens is 2. The van der Waals surface area contributed by atoms with E-state index in [0.29, 0.717) is 5.95 Å². The number of rotatable bonds is 4. The quantitative estimate of drug-likeness (QED) is 0.761. The van der Waals surface area contributed by atoms with Crippen LogP contribution in [0.3, 0.4) is 0 Å². The molecule has 4 nitrogen and oxygen atoms in total. The zero-order valence-corrected chi connectivity index (χ0v) is 11.6. The number of hydrogen-bond acceptors (Lipinski definition) is 4. The largest absolute Gasteiger partial charge is 0.370 e. The van der Waals surface area contributed by atoms with Gasteiger partial charge in [-0.1, -0.05) is 12.1 Å². The van der Waals surface area contributed by atoms with Crippen molar-refractivity contribution in [3.63, 3.8) is 0 Å². The molecule has 0 saturated carbocycles. The van der Waals surface area contributed by atoms with Crippen LogP contribution in [-0.2, 0) is 0 Å². The van der Waals surface area contributed by atoms with Crippen LogP contribution in [0.1, 0.15) is 6.92 Å². The third kappa shape index (κ3) is 2.91. The summed E-state index contributed by atoms with van der Waals surface area (Å²) in [6.07, 6.45) is 0. The van der Waals surface area contributed by atoms with Crippen LogP contribution in [0, 0.1) is 5.82 Å². The first-order valence-corrected chi connectivity index (χ1v) is 6.79. The molecule has 1 heterocycles. The molecule has 21 heavy (non-hydrogen) atoms. The molecule has 0 spiro atoms. The Morgan fingerprint density at radius 2 is 1.76 bits per heavy atom. The van der Waals surface area contributed by atoms with Gasteiger partial charge in [-0.15, -0.1) is 0 Å². The molecule has 0 aliphatic heterocycles. The first kappa shape index (κ1) is 13.3. The highest BCUT2D eigenvalue weighted by Crippen LogP contribution is 2.23. The van der Waals surface area contributed by atoms with E-state index in [1.165, 1.54) is 12.1 Å². The van der Waals surface area contributed by atoms with Gasteiger partial charge in [0.05, 0.1) is 5.52 Å². The zero-order chi connectivity index (χ0) is 14.7. The molecule has 2 N–H and O–H groups in total. The molecule has 0 amide bonds. The lowest BCUT2D eigenvalue weighted by atomic mass is 10.2. The van der Waals surface area contributed by atoms with Crippen molar-refractivity contribution >= 4 is 28.4 Å². The van der Waals surface area contributed by atoms with Crippen LogP contribution in [0.2, 0.25) is 0 Å². The van der Waals surface area contributed by atoms with Crippen LogP contribution < -0.4 is 10.6 Å². The minimum atomic E-state index is -0.270. The Kier molecular flexibility index (Phi) is 3.64. The van der Waals surface area contributed by atoms with Crippen molar-refractivity contribution < 1.29 is 4.39 Å². The second kappa shape index (κ2) is 5.75. The highest BCUT2D eigenvalue weighted by molar-refractivity contribution is 5.90. The number of anilines is 3. The second-order valence-electron chi connectivity index (χ2n) is 4.58. The summed E-state index contributed by atoms with van der Waals surface area (Å²) in [6, 6.07) is 13.9. The predicted molar refractivity (Wildman–Crippen MR) is 83.4 cm³/mol. The van der Waals surface area contributed by atoms with Crippen LogP contribution in [0.25, 0.3) is 10.9 Å². The maximum absolute atomic E-state index is 12.9. The molecule has 106 valence electrons. The van der Waals surface area contributed by atoms with Crippen LogP contribution in [0.4, 0.5) is 21.8 Å². The molecule has 0 unspecified atom stereocenters. The first-order chi connectivity index (χ1) is 10.3. The average molecular weight is 282 g/mol. The molecule has 0 radical (unpaired) electrons. The summed E-state index contributed by atoms with van der Waals surface area (Å²) >= 11 is 0. The fourth-order valence-corrected chi connectivity index (χ4v) is 2.10. The molecule has 1 aromatic heterocycles. The van der Waals surface area contributed by atoms with E-state index >= 15 is 0 Å². The highest BCUT2D eigenvalue weighted by atomic mass is 19.1. The minimum Gasteiger partial charge on any atom is -0.370 e. The molecule has 0 aliphatic rings. The van der Waals surface area contributed by atoms with Crippen LogP contribution in [0.5, 0.6) is 0 Å². The third-order valence-corrected chi connectivity index (χ3v) is 3.05. The predicted octanol–water partition coefficient (Wildman–Crippen LogP) is 3.94. The van der Waals surface area contributed by atoms with Gasteiger partial charge in [-0.25, -0.2) is 9.37 Å². The van der Waals surface area contributed by atoms with Crippen molar-refractivity contribution in [1.29, 1.82) is 0 Å². The minimum absolute atomic E-state index is 0.270. The average Bonchev–Trinajstić information content (AvgIpc) is 2.50. The molecular formula is C16H15FN4. The Morgan fingerprint density at radius 3 is 2.52 bits per heavy atom. The van der Waals surface area contributed by atoms with Gasteiger partial charge in [-0.05, 0) is 43.3 Å². The van der Waals surface area contributed by atoms with Gasteiger partial charge >= 0.3 is 0 Å². The number of nitrogens with one attached hydrogen (secondary N) is 2. The summed E-state index contributed by atoms with van der Waals surface area (Å²) in [4.78, 5) is 8.96. The van der Waals surface area contributed by atoms with E-state index in [1.54, 1.807) is 12.1 Å². The monoisotopic (exact) mass is 282 g/mol. The Hall–Kier alpha value is -2.69. The zero-order valence-electron chi connectivity index (χ0n) is 11.6. The molecule has 3 aromatic rings. The van der Waals surface area contributed by atoms with Gasteiger partial charge in [0.1, 0.15) is 11.6 Å². The fourth-order valence-electron chi connectivity index (χ4n) is 2.10. The van der Waals surface area contributed by atoms with E-state index in [1.807, 2.05) is 31.2 Å². The van der Waals surface area contributed by atoms with E-state index in [-0.39, 0.29) is 5.82 Å². The first-order valence-electron chi connectivity index (χ1n) is 6.79. The van der Waals surface area contributed by atoms with Gasteiger partial charge in [0, 0.05) is 17.6 Å². The SMILES string of the molecule is CCNc1nc(Nc2ccc(F)cc2)nc2ccccc12. The van der Waals surface area contributed by atoms with Crippen LogP contribution in [0.15, 0.2) is 48.5 Å². The fraction of sp³-hybridized carbons (Fsp3) is 0.125. The molecule has 0 fully saturated rings. The van der Waals surface area contributed by atoms with Crippen LogP contribution >= 0.6 is 0 Å². The standard InChI is InChI=1S/C16H15FN4/c1-2-18-15-13-5-3-4-6-14(13)20-16(21-15)19-12-9-7-11(17)8-10-12/h3-10H,2H2,1H3,(H2,18,19,20,21). The second-order valence-corrected chi connectivity index (χ2v) is 4.58. The van der Waals surface area contributed by atoms with Crippen molar-refractivity contribution in [3.8, 4) is 0 Å². The maximum atomic E-state index is 12.9. The Labute approximate surface area is 122 Å². The Balaban J connectivity index is 2.00. The Morgan fingerprint density at radius 1 is 1.00 bits per heavy atom. The number of hydrogen-bond donors (Lipinski definition) is 2. The molecule has 5 heteroatoms. The topological polar surface area (TPSA) is 49.8 Å². The number of nitrogens with zero attached hydrogens (tertiary/aromatic N) is 2. The van der Waals surface area contributed by atoms with E-state index in [0.717, 1.165) is 29.0 Å². The van der Waals surface area contributed by atoms with Crippen molar-refractivity contribution in [2.75, 3.05) is 17.2 Å². The highest BCUT2D eigenvalue weighted by Gasteiger charge is 2.07. The molecule has 0 aliphatic carbocycles. The van der Waals surface area contributed by atoms with E-state index in [4.69, 9.17) is 0 Å². The molecular weight excluding hydrogens is 267 g/mol. The maximum Gasteiger partial charge on any atom is 0.229 e. The molecule has 0 bridgehead atoms. The third-order valence-electron chi connectivity index (χ3n) is 3.05. The van der Waals surface area contributed by atoms with Gasteiger partial charge in [0.15, 0.2) is 0 Å². The molecule has 0 atom stereocenters. The lowest BCUT2D eigenvalue weighted by molar-refractivity contribution is 0.628. The number of para-hydroxylation sites is 1. The summed E-state index contributed by atoms with van der Waals surface area (Å²) in [5.74, 6) is 0.997. The van der Waals surface area contributed by atoms with Crippen molar-refractivity contribution in [2.45, 2.75) is 6.92 Å². The number of benzene rings is 2. The van der Waals surface area contributed by atoms with E-state index in [2.05, 4.69) is 20.6 Å². The summed E-state index contributed by atoms with van der Waals surface area (Å²) in [6.45, 7) is 2.79. The van der Waals surface area contributed by atoms with Gasteiger partial charge in [0.2, 0.25) is 5.95 Å². The summed E-state index contributed by atoms with van der Waals surface area (Å²) in [5.41, 5.74) is 1.60. The number of halogens is 1. The van der Waals surface area contributed by atoms with Gasteiger partial charge in [0.25, 0.3) is 0 Å². The number of fused-ring (bicyclic) bond motifs is 1. The normalized spacial score (nSPS) is 10.6. The molecule has 3 rings (SSSR count). The van der Waals surface area contributed by atoms with Gasteiger partial charge in [-0.2, -0.15) is 4.98 Å². The summed E-state index contributed by atoms with van der Waals surface area (Å²) < 4.78 is 12.9. The van der Waals surface area contributed by atoms with Gasteiger partial charge < -0.3 is 10.6 Å². The smallest absolute Gasteiger partial charge is 0.229 e. The summed E-state index contributed by atoms with van der Waals surface area (Å²) in [5, 5.41) is 7.30. The molecule has 0 saturated heterocycles. The Bertz CT molecular complexity index is 756. The van der Waals surface area contributed by atoms with Gasteiger partial charge in [-0.3, -0.25) is 0 Å². The molecule has 2 aromatic carbocycles. The van der Waals surface area contributed by atoms with Crippen LogP contribution in [-0.4, -0.2) is 16.5 Å². The van der Waals surface area contributed by atoms with Crippen molar-refractivity contribution in [2.24, 2.45) is 0 Å². The van der Waals surface area contributed by atoms with Crippen molar-refractivity contribution in [1.82, 2.24) is 9.97 Å². The van der Waals surface area contributed by atoms with Crippen molar-refractivity contribution in [3.05, 3.63) is 54.3 Å².